The summed E-state index contributed by atoms with van der Waals surface area (Å²) in [7, 11) is 0. The smallest absolute Gasteiger partial charge is 0.243 e. The van der Waals surface area contributed by atoms with E-state index in [0.29, 0.717) is 5.13 Å². The van der Waals surface area contributed by atoms with Gasteiger partial charge in [0, 0.05) is 4.88 Å². The van der Waals surface area contributed by atoms with Gasteiger partial charge < -0.3 is 11.1 Å². The minimum atomic E-state index is -0.448. The van der Waals surface area contributed by atoms with Crippen LogP contribution in [0.4, 0.5) is 5.13 Å². The van der Waals surface area contributed by atoms with Gasteiger partial charge in [-0.2, -0.15) is 0 Å². The molecule has 0 bridgehead atoms. The first-order valence-electron chi connectivity index (χ1n) is 6.66. The molecule has 0 spiro atoms. The number of nitrogens with zero attached hydrogens (tertiary/aromatic N) is 1. The van der Waals surface area contributed by atoms with Crippen LogP contribution < -0.4 is 11.1 Å². The van der Waals surface area contributed by atoms with E-state index in [0.717, 1.165) is 19.3 Å². The third-order valence-electron chi connectivity index (χ3n) is 3.64. The van der Waals surface area contributed by atoms with Gasteiger partial charge in [0.15, 0.2) is 5.13 Å². The number of hydrogen-bond donors (Lipinski definition) is 2. The first kappa shape index (κ1) is 13.5. The predicted octanol–water partition coefficient (Wildman–Crippen LogP) is 2.33. The number of aromatic nitrogens is 1. The lowest BCUT2D eigenvalue weighted by atomic mass is 10.00. The molecule has 0 radical (unpaired) electrons. The highest BCUT2D eigenvalue weighted by molar-refractivity contribution is 7.15. The van der Waals surface area contributed by atoms with Crippen LogP contribution in [-0.2, 0) is 17.6 Å². The summed E-state index contributed by atoms with van der Waals surface area (Å²) < 4.78 is 0. The first-order valence-corrected chi connectivity index (χ1v) is 7.48. The maximum atomic E-state index is 12.0. The second kappa shape index (κ2) is 5.80. The lowest BCUT2D eigenvalue weighted by molar-refractivity contribution is -0.118. The number of rotatable bonds is 4. The fourth-order valence-electron chi connectivity index (χ4n) is 2.11. The predicted molar refractivity (Wildman–Crippen MR) is 74.8 cm³/mol. The summed E-state index contributed by atoms with van der Waals surface area (Å²) in [6.45, 7) is 4.04. The van der Waals surface area contributed by atoms with E-state index in [2.05, 4.69) is 10.3 Å². The minimum absolute atomic E-state index is 0.115. The number of amides is 1. The Morgan fingerprint density at radius 1 is 1.50 bits per heavy atom. The molecule has 0 aromatic carbocycles. The van der Waals surface area contributed by atoms with Gasteiger partial charge in [0.25, 0.3) is 0 Å². The Kier molecular flexibility index (Phi) is 4.35. The highest BCUT2D eigenvalue weighted by atomic mass is 32.1. The average molecular weight is 267 g/mol. The number of anilines is 1. The number of nitrogens with two attached hydrogens (primary N) is 1. The number of thiazole rings is 1. The van der Waals surface area contributed by atoms with Crippen molar-refractivity contribution in [2.45, 2.75) is 52.0 Å². The van der Waals surface area contributed by atoms with Crippen molar-refractivity contribution in [3.63, 3.8) is 0 Å². The lowest BCUT2D eigenvalue weighted by Gasteiger charge is -2.16. The van der Waals surface area contributed by atoms with Gasteiger partial charge in [-0.1, -0.05) is 20.3 Å². The van der Waals surface area contributed by atoms with Crippen molar-refractivity contribution in [2.24, 2.45) is 11.7 Å². The molecule has 0 fully saturated rings. The molecule has 1 aliphatic rings. The molecule has 3 N–H and O–H groups in total. The maximum Gasteiger partial charge on any atom is 0.243 e. The third kappa shape index (κ3) is 2.90. The molecule has 0 saturated carbocycles. The molecule has 1 aromatic rings. The zero-order chi connectivity index (χ0) is 13.1. The standard InChI is InChI=1S/C13H21N3OS/c1-3-8(2)11(14)12(17)16-13-15-9-6-4-5-7-10(9)18-13/h8,11H,3-7,14H2,1-2H3,(H,15,16,17)/t8-,11-/m0/s1. The zero-order valence-electron chi connectivity index (χ0n) is 11.0. The highest BCUT2D eigenvalue weighted by Crippen LogP contribution is 2.29. The summed E-state index contributed by atoms with van der Waals surface area (Å²) in [5.41, 5.74) is 7.07. The SMILES string of the molecule is CC[C@H](C)[C@H](N)C(=O)Nc1nc2c(s1)CCCC2. The Balaban J connectivity index is 2.01. The van der Waals surface area contributed by atoms with Gasteiger partial charge in [-0.15, -0.1) is 11.3 Å². The van der Waals surface area contributed by atoms with Crippen LogP contribution in [0.25, 0.3) is 0 Å². The number of hydrogen-bond acceptors (Lipinski definition) is 4. The monoisotopic (exact) mass is 267 g/mol. The molecule has 100 valence electrons. The first-order chi connectivity index (χ1) is 8.61. The van der Waals surface area contributed by atoms with E-state index < -0.39 is 6.04 Å². The molecule has 2 rings (SSSR count). The van der Waals surface area contributed by atoms with Gasteiger partial charge in [-0.3, -0.25) is 4.79 Å². The van der Waals surface area contributed by atoms with Crippen LogP contribution in [0.5, 0.6) is 0 Å². The topological polar surface area (TPSA) is 68.0 Å². The maximum absolute atomic E-state index is 12.0. The Morgan fingerprint density at radius 3 is 2.89 bits per heavy atom. The van der Waals surface area contributed by atoms with Crippen LogP contribution in [-0.4, -0.2) is 16.9 Å². The van der Waals surface area contributed by atoms with E-state index in [1.54, 1.807) is 11.3 Å². The Labute approximate surface area is 112 Å². The molecular weight excluding hydrogens is 246 g/mol. The van der Waals surface area contributed by atoms with Crippen LogP contribution >= 0.6 is 11.3 Å². The van der Waals surface area contributed by atoms with Gasteiger partial charge in [-0.05, 0) is 31.6 Å². The van der Waals surface area contributed by atoms with Gasteiger partial charge in [0.1, 0.15) is 0 Å². The molecule has 2 atom stereocenters. The Hall–Kier alpha value is -0.940. The van der Waals surface area contributed by atoms with E-state index in [-0.39, 0.29) is 11.8 Å². The Morgan fingerprint density at radius 2 is 2.22 bits per heavy atom. The summed E-state index contributed by atoms with van der Waals surface area (Å²) >= 11 is 1.60. The fourth-order valence-corrected chi connectivity index (χ4v) is 3.16. The summed E-state index contributed by atoms with van der Waals surface area (Å²) in [4.78, 5) is 17.8. The van der Waals surface area contributed by atoms with Crippen LogP contribution in [0.1, 0.15) is 43.7 Å². The zero-order valence-corrected chi connectivity index (χ0v) is 11.8. The van der Waals surface area contributed by atoms with Gasteiger partial charge in [-0.25, -0.2) is 4.98 Å². The summed E-state index contributed by atoms with van der Waals surface area (Å²) in [6.07, 6.45) is 5.48. The van der Waals surface area contributed by atoms with Crippen molar-refractivity contribution in [3.05, 3.63) is 10.6 Å². The molecule has 1 heterocycles. The molecule has 1 amide bonds. The molecule has 1 aliphatic carbocycles. The number of carbonyl (C=O) groups is 1. The highest BCUT2D eigenvalue weighted by Gasteiger charge is 2.22. The largest absolute Gasteiger partial charge is 0.320 e. The lowest BCUT2D eigenvalue weighted by Crippen LogP contribution is -2.40. The van der Waals surface area contributed by atoms with E-state index in [4.69, 9.17) is 5.73 Å². The van der Waals surface area contributed by atoms with Crippen molar-refractivity contribution in [1.29, 1.82) is 0 Å². The van der Waals surface area contributed by atoms with Crippen LogP contribution in [0, 0.1) is 5.92 Å². The summed E-state index contributed by atoms with van der Waals surface area (Å²) in [5.74, 6) is 0.0787. The van der Waals surface area contributed by atoms with Crippen molar-refractivity contribution in [2.75, 3.05) is 5.32 Å². The number of fused-ring (bicyclic) bond motifs is 1. The Bertz CT molecular complexity index is 406. The molecule has 0 aliphatic heterocycles. The van der Waals surface area contributed by atoms with Gasteiger partial charge in [0.05, 0.1) is 11.7 Å². The van der Waals surface area contributed by atoms with Crippen LogP contribution in [0.3, 0.4) is 0 Å². The third-order valence-corrected chi connectivity index (χ3v) is 4.71. The van der Waals surface area contributed by atoms with Gasteiger partial charge >= 0.3 is 0 Å². The summed E-state index contributed by atoms with van der Waals surface area (Å²) in [5, 5.41) is 3.57. The second-order valence-electron chi connectivity index (χ2n) is 5.00. The van der Waals surface area contributed by atoms with Gasteiger partial charge in [0.2, 0.25) is 5.91 Å². The molecule has 5 heteroatoms. The molecule has 4 nitrogen and oxygen atoms in total. The quantitative estimate of drug-likeness (QED) is 0.879. The van der Waals surface area contributed by atoms with Crippen molar-refractivity contribution in [3.8, 4) is 0 Å². The average Bonchev–Trinajstić information content (AvgIpc) is 2.78. The molecule has 0 unspecified atom stereocenters. The summed E-state index contributed by atoms with van der Waals surface area (Å²) in [6, 6.07) is -0.448. The van der Waals surface area contributed by atoms with Crippen molar-refractivity contribution < 1.29 is 4.79 Å². The van der Waals surface area contributed by atoms with E-state index in [1.807, 2.05) is 13.8 Å². The van der Waals surface area contributed by atoms with E-state index in [9.17, 15) is 4.79 Å². The van der Waals surface area contributed by atoms with Crippen molar-refractivity contribution in [1.82, 2.24) is 4.98 Å². The number of nitrogens with one attached hydrogen (secondary N) is 1. The van der Waals surface area contributed by atoms with Crippen LogP contribution in [0.2, 0.25) is 0 Å². The molecular formula is C13H21N3OS. The van der Waals surface area contributed by atoms with Crippen LogP contribution in [0.15, 0.2) is 0 Å². The van der Waals surface area contributed by atoms with E-state index in [1.165, 1.54) is 23.4 Å². The number of aryl methyl sites for hydroxylation is 2. The molecule has 18 heavy (non-hydrogen) atoms. The second-order valence-corrected chi connectivity index (χ2v) is 6.08. The normalized spacial score (nSPS) is 17.9. The molecule has 0 saturated heterocycles. The fraction of sp³-hybridized carbons (Fsp3) is 0.692. The minimum Gasteiger partial charge on any atom is -0.320 e. The molecule has 1 aromatic heterocycles. The van der Waals surface area contributed by atoms with E-state index >= 15 is 0 Å². The number of carbonyl (C=O) groups excluding carboxylic acids is 1. The van der Waals surface area contributed by atoms with Crippen molar-refractivity contribution >= 4 is 22.4 Å².